The predicted octanol–water partition coefficient (Wildman–Crippen LogP) is 0.761. The van der Waals surface area contributed by atoms with Crippen molar-refractivity contribution in [3.8, 4) is 0 Å². The number of hydrogen-bond acceptors (Lipinski definition) is 3. The molecule has 3 heteroatoms. The van der Waals surface area contributed by atoms with E-state index in [4.69, 9.17) is 0 Å². The smallest absolute Gasteiger partial charge is 0.0244 e. The molecule has 1 rings (SSSR count). The monoisotopic (exact) mass is 160 g/mol. The lowest BCUT2D eigenvalue weighted by Gasteiger charge is -2.32. The van der Waals surface area contributed by atoms with Crippen LogP contribution >= 0.6 is 12.8 Å². The highest BCUT2D eigenvalue weighted by molar-refractivity contribution is 7.77. The summed E-state index contributed by atoms with van der Waals surface area (Å²) in [4.78, 5) is 0. The Kier molecular flexibility index (Phi) is 3.01. The van der Waals surface area contributed by atoms with Crippen LogP contribution < -0.4 is 5.32 Å². The molecule has 0 spiro atoms. The third-order valence-electron chi connectivity index (χ3n) is 1.99. The van der Waals surface area contributed by atoms with Crippen LogP contribution in [0.15, 0.2) is 0 Å². The molecule has 1 saturated heterocycles. The average molecular weight is 160 g/mol. The van der Waals surface area contributed by atoms with Gasteiger partial charge in [-0.25, -0.2) is 0 Å². The first-order valence-corrected chi connectivity index (χ1v) is 4.27. The molecule has 1 N–H and O–H groups in total. The van der Waals surface area contributed by atoms with Gasteiger partial charge < -0.3 is 5.32 Å². The maximum absolute atomic E-state index is 4.31. The van der Waals surface area contributed by atoms with Crippen LogP contribution in [0.1, 0.15) is 13.8 Å². The first-order chi connectivity index (χ1) is 4.70. The first-order valence-electron chi connectivity index (χ1n) is 3.87. The summed E-state index contributed by atoms with van der Waals surface area (Å²) in [6.07, 6.45) is 0. The number of nitrogens with zero attached hydrogens (tertiary/aromatic N) is 1. The van der Waals surface area contributed by atoms with Gasteiger partial charge >= 0.3 is 0 Å². The number of nitrogens with one attached hydrogen (secondary N) is 1. The minimum absolute atomic E-state index is 0.631. The molecule has 10 heavy (non-hydrogen) atoms. The van der Waals surface area contributed by atoms with Crippen LogP contribution in [-0.2, 0) is 0 Å². The van der Waals surface area contributed by atoms with Crippen molar-refractivity contribution >= 4 is 12.8 Å². The van der Waals surface area contributed by atoms with Gasteiger partial charge in [-0.2, -0.15) is 0 Å². The maximum Gasteiger partial charge on any atom is 0.0244 e. The van der Waals surface area contributed by atoms with E-state index in [1.165, 1.54) is 0 Å². The fraction of sp³-hybridized carbons (Fsp3) is 1.00. The normalized spacial score (nSPS) is 29.4. The van der Waals surface area contributed by atoms with Crippen molar-refractivity contribution in [2.45, 2.75) is 19.9 Å². The van der Waals surface area contributed by atoms with E-state index in [0.29, 0.717) is 6.04 Å². The SMILES string of the molecule is CC(C)C1CN(S)CCN1. The van der Waals surface area contributed by atoms with E-state index in [-0.39, 0.29) is 0 Å². The number of rotatable bonds is 1. The number of hydrogen-bond donors (Lipinski definition) is 2. The summed E-state index contributed by atoms with van der Waals surface area (Å²) in [6.45, 7) is 7.69. The zero-order chi connectivity index (χ0) is 7.56. The van der Waals surface area contributed by atoms with Gasteiger partial charge in [-0.1, -0.05) is 26.7 Å². The van der Waals surface area contributed by atoms with Gasteiger partial charge in [0.05, 0.1) is 0 Å². The van der Waals surface area contributed by atoms with Crippen molar-refractivity contribution in [3.63, 3.8) is 0 Å². The van der Waals surface area contributed by atoms with Crippen molar-refractivity contribution in [1.29, 1.82) is 0 Å². The lowest BCUT2D eigenvalue weighted by atomic mass is 10.0. The quantitative estimate of drug-likeness (QED) is 0.551. The van der Waals surface area contributed by atoms with E-state index < -0.39 is 0 Å². The van der Waals surface area contributed by atoms with Gasteiger partial charge in [-0.05, 0) is 5.92 Å². The van der Waals surface area contributed by atoms with Crippen LogP contribution in [0.3, 0.4) is 0 Å². The molecule has 0 aromatic carbocycles. The zero-order valence-electron chi connectivity index (χ0n) is 6.67. The molecule has 1 aliphatic heterocycles. The summed E-state index contributed by atoms with van der Waals surface area (Å²) < 4.78 is 2.08. The molecule has 0 bridgehead atoms. The van der Waals surface area contributed by atoms with Gasteiger partial charge in [0.25, 0.3) is 0 Å². The molecule has 0 saturated carbocycles. The fourth-order valence-electron chi connectivity index (χ4n) is 1.21. The molecular formula is C7H16N2S. The molecule has 1 aliphatic rings. The topological polar surface area (TPSA) is 15.3 Å². The van der Waals surface area contributed by atoms with Crippen LogP contribution in [0.4, 0.5) is 0 Å². The standard InChI is InChI=1S/C7H16N2S/c1-6(2)7-5-9(10)4-3-8-7/h6-8,10H,3-5H2,1-2H3. The minimum Gasteiger partial charge on any atom is -0.311 e. The van der Waals surface area contributed by atoms with Crippen molar-refractivity contribution in [2.75, 3.05) is 19.6 Å². The van der Waals surface area contributed by atoms with E-state index in [0.717, 1.165) is 25.6 Å². The average Bonchev–Trinajstić information content (AvgIpc) is 1.88. The Bertz CT molecular complexity index is 106. The summed E-state index contributed by atoms with van der Waals surface area (Å²) in [5.41, 5.74) is 0. The van der Waals surface area contributed by atoms with Crippen LogP contribution in [0, 0.1) is 5.92 Å². The Morgan fingerprint density at radius 1 is 1.60 bits per heavy atom. The largest absolute Gasteiger partial charge is 0.311 e. The lowest BCUT2D eigenvalue weighted by molar-refractivity contribution is 0.273. The minimum atomic E-state index is 0.631. The molecule has 2 nitrogen and oxygen atoms in total. The highest BCUT2D eigenvalue weighted by Crippen LogP contribution is 2.08. The molecular weight excluding hydrogens is 144 g/mol. The van der Waals surface area contributed by atoms with E-state index in [9.17, 15) is 0 Å². The van der Waals surface area contributed by atoms with Gasteiger partial charge in [0.15, 0.2) is 0 Å². The Morgan fingerprint density at radius 2 is 2.30 bits per heavy atom. The molecule has 1 heterocycles. The summed E-state index contributed by atoms with van der Waals surface area (Å²) in [7, 11) is 0. The number of piperazine rings is 1. The van der Waals surface area contributed by atoms with Crippen molar-refractivity contribution in [3.05, 3.63) is 0 Å². The number of thiol groups is 1. The zero-order valence-corrected chi connectivity index (χ0v) is 7.56. The van der Waals surface area contributed by atoms with Gasteiger partial charge in [-0.3, -0.25) is 4.31 Å². The molecule has 0 radical (unpaired) electrons. The van der Waals surface area contributed by atoms with Gasteiger partial charge in [-0.15, -0.1) is 0 Å². The Hall–Kier alpha value is 0.270. The fourth-order valence-corrected chi connectivity index (χ4v) is 1.48. The molecule has 0 amide bonds. The van der Waals surface area contributed by atoms with Crippen LogP contribution in [-0.4, -0.2) is 30.0 Å². The Morgan fingerprint density at radius 3 is 2.70 bits per heavy atom. The Balaban J connectivity index is 2.32. The third kappa shape index (κ3) is 2.15. The first kappa shape index (κ1) is 8.37. The summed E-state index contributed by atoms with van der Waals surface area (Å²) in [5.74, 6) is 0.718. The molecule has 1 unspecified atom stereocenters. The summed E-state index contributed by atoms with van der Waals surface area (Å²) >= 11 is 4.31. The second-order valence-corrected chi connectivity index (χ2v) is 3.78. The van der Waals surface area contributed by atoms with Crippen LogP contribution in [0.2, 0.25) is 0 Å². The maximum atomic E-state index is 4.31. The molecule has 1 atom stereocenters. The molecule has 1 fully saturated rings. The second-order valence-electron chi connectivity index (χ2n) is 3.22. The highest BCUT2D eigenvalue weighted by atomic mass is 32.1. The lowest BCUT2D eigenvalue weighted by Crippen LogP contribution is -2.49. The van der Waals surface area contributed by atoms with Gasteiger partial charge in [0.1, 0.15) is 0 Å². The molecule has 0 aromatic heterocycles. The van der Waals surface area contributed by atoms with E-state index >= 15 is 0 Å². The van der Waals surface area contributed by atoms with Crippen molar-refractivity contribution < 1.29 is 0 Å². The molecule has 0 aromatic rings. The van der Waals surface area contributed by atoms with Crippen molar-refractivity contribution in [2.24, 2.45) is 5.92 Å². The van der Waals surface area contributed by atoms with E-state index in [1.54, 1.807) is 0 Å². The summed E-state index contributed by atoms with van der Waals surface area (Å²) in [6, 6.07) is 0.631. The Labute approximate surface area is 68.5 Å². The third-order valence-corrected chi connectivity index (χ3v) is 2.35. The van der Waals surface area contributed by atoms with Gasteiger partial charge in [0, 0.05) is 25.7 Å². The van der Waals surface area contributed by atoms with E-state index in [2.05, 4.69) is 36.3 Å². The predicted molar refractivity (Wildman–Crippen MR) is 47.2 cm³/mol. The van der Waals surface area contributed by atoms with Crippen LogP contribution in [0.25, 0.3) is 0 Å². The second kappa shape index (κ2) is 3.60. The highest BCUT2D eigenvalue weighted by Gasteiger charge is 2.19. The molecule has 0 aliphatic carbocycles. The van der Waals surface area contributed by atoms with Gasteiger partial charge in [0.2, 0.25) is 0 Å². The van der Waals surface area contributed by atoms with Crippen LogP contribution in [0.5, 0.6) is 0 Å². The van der Waals surface area contributed by atoms with Crippen molar-refractivity contribution in [1.82, 2.24) is 9.62 Å². The molecule has 60 valence electrons. The van der Waals surface area contributed by atoms with E-state index in [1.807, 2.05) is 0 Å². The summed E-state index contributed by atoms with van der Waals surface area (Å²) in [5, 5.41) is 3.46.